The minimum absolute atomic E-state index is 0.0148. The fourth-order valence-corrected chi connectivity index (χ4v) is 4.80. The molecule has 1 amide bonds. The molecule has 5 heteroatoms. The quantitative estimate of drug-likeness (QED) is 0.914. The van der Waals surface area contributed by atoms with Crippen molar-refractivity contribution in [1.82, 2.24) is 4.57 Å². The van der Waals surface area contributed by atoms with Crippen LogP contribution >= 0.6 is 0 Å². The third-order valence-corrected chi connectivity index (χ3v) is 6.09. The Balaban J connectivity index is 1.97. The molecule has 2 aromatic rings. The summed E-state index contributed by atoms with van der Waals surface area (Å²) in [5, 5.41) is 9.35. The first kappa shape index (κ1) is 16.9. The van der Waals surface area contributed by atoms with Crippen LogP contribution in [-0.2, 0) is 21.5 Å². The summed E-state index contributed by atoms with van der Waals surface area (Å²) in [5.41, 5.74) is 4.11. The first-order chi connectivity index (χ1) is 12.6. The lowest BCUT2D eigenvalue weighted by atomic mass is 9.70. The van der Waals surface area contributed by atoms with E-state index in [0.717, 1.165) is 43.4 Å². The van der Waals surface area contributed by atoms with E-state index >= 15 is 0 Å². The van der Waals surface area contributed by atoms with Crippen LogP contribution in [0, 0.1) is 0 Å². The second-order valence-corrected chi connectivity index (χ2v) is 7.40. The first-order valence-electron chi connectivity index (χ1n) is 9.37. The average Bonchev–Trinajstić information content (AvgIpc) is 3.09. The lowest BCUT2D eigenvalue weighted by Gasteiger charge is -2.39. The van der Waals surface area contributed by atoms with E-state index in [1.54, 1.807) is 0 Å². The molecule has 0 radical (unpaired) electrons. The van der Waals surface area contributed by atoms with Gasteiger partial charge < -0.3 is 14.6 Å². The van der Waals surface area contributed by atoms with Gasteiger partial charge in [0.05, 0.1) is 5.69 Å². The van der Waals surface area contributed by atoms with E-state index in [2.05, 4.69) is 23.8 Å². The van der Waals surface area contributed by atoms with Crippen LogP contribution in [0.5, 0.6) is 0 Å². The highest BCUT2D eigenvalue weighted by Crippen LogP contribution is 2.48. The van der Waals surface area contributed by atoms with Gasteiger partial charge in [0.25, 0.3) is 0 Å². The van der Waals surface area contributed by atoms with Crippen molar-refractivity contribution >= 4 is 17.6 Å². The fraction of sp³-hybridized carbons (Fsp3) is 0.429. The SMILES string of the molecule is CC[C@]12CCCn3ccc(c31)-c1ccccc1N(CC(=O)O)C(=O)CC2. The zero-order valence-corrected chi connectivity index (χ0v) is 15.1. The number of carboxylic acids is 1. The highest BCUT2D eigenvalue weighted by Gasteiger charge is 2.40. The van der Waals surface area contributed by atoms with Crippen LogP contribution in [0.15, 0.2) is 36.5 Å². The van der Waals surface area contributed by atoms with E-state index in [1.165, 1.54) is 10.6 Å². The zero-order chi connectivity index (χ0) is 18.3. The second kappa shape index (κ2) is 6.31. The van der Waals surface area contributed by atoms with Gasteiger partial charge in [-0.25, -0.2) is 0 Å². The van der Waals surface area contributed by atoms with E-state index < -0.39 is 5.97 Å². The third-order valence-electron chi connectivity index (χ3n) is 6.09. The summed E-state index contributed by atoms with van der Waals surface area (Å²) < 4.78 is 2.34. The number of amides is 1. The number of nitrogens with zero attached hydrogens (tertiary/aromatic N) is 2. The number of carbonyl (C=O) groups excluding carboxylic acids is 1. The normalized spacial score (nSPS) is 22.0. The summed E-state index contributed by atoms with van der Waals surface area (Å²) in [4.78, 5) is 25.8. The van der Waals surface area contributed by atoms with Gasteiger partial charge >= 0.3 is 5.97 Å². The molecule has 1 N–H and O–H groups in total. The van der Waals surface area contributed by atoms with Crippen molar-refractivity contribution in [3.05, 3.63) is 42.2 Å². The van der Waals surface area contributed by atoms with Crippen LogP contribution in [0.25, 0.3) is 11.1 Å². The van der Waals surface area contributed by atoms with E-state index in [-0.39, 0.29) is 17.9 Å². The number of carbonyl (C=O) groups is 2. The molecule has 26 heavy (non-hydrogen) atoms. The van der Waals surface area contributed by atoms with Crippen LogP contribution in [0.4, 0.5) is 5.69 Å². The molecule has 1 atom stereocenters. The van der Waals surface area contributed by atoms with Gasteiger partial charge in [0.1, 0.15) is 6.54 Å². The Hall–Kier alpha value is -2.56. The van der Waals surface area contributed by atoms with Gasteiger partial charge in [-0.1, -0.05) is 25.1 Å². The third kappa shape index (κ3) is 2.54. The Morgan fingerprint density at radius 1 is 1.19 bits per heavy atom. The standard InChI is InChI=1S/C21H24N2O3/c1-2-21-10-5-12-22-13-9-16(20(21)22)15-6-3-4-7-17(15)23(14-19(25)26)18(24)8-11-21/h3-4,6-7,9,13H,2,5,8,10-12,14H2,1H3,(H,25,26)/t21-/m1/s1. The van der Waals surface area contributed by atoms with Gasteiger partial charge in [0.15, 0.2) is 0 Å². The topological polar surface area (TPSA) is 62.5 Å². The van der Waals surface area contributed by atoms with Crippen LogP contribution in [0.2, 0.25) is 0 Å². The summed E-state index contributed by atoms with van der Waals surface area (Å²) in [7, 11) is 0. The summed E-state index contributed by atoms with van der Waals surface area (Å²) in [6.07, 6.45) is 6.47. The van der Waals surface area contributed by atoms with Gasteiger partial charge in [0, 0.05) is 41.4 Å². The smallest absolute Gasteiger partial charge is 0.323 e. The molecule has 2 aliphatic heterocycles. The lowest BCUT2D eigenvalue weighted by Crippen LogP contribution is -2.37. The number of aliphatic carboxylic acids is 1. The Morgan fingerprint density at radius 2 is 2.00 bits per heavy atom. The van der Waals surface area contributed by atoms with Crippen molar-refractivity contribution in [2.75, 3.05) is 11.4 Å². The van der Waals surface area contributed by atoms with E-state index in [4.69, 9.17) is 0 Å². The zero-order valence-electron chi connectivity index (χ0n) is 15.1. The minimum Gasteiger partial charge on any atom is -0.480 e. The molecular weight excluding hydrogens is 328 g/mol. The molecule has 5 nitrogen and oxygen atoms in total. The van der Waals surface area contributed by atoms with Crippen molar-refractivity contribution in [3.63, 3.8) is 0 Å². The Labute approximate surface area is 153 Å². The number of aromatic nitrogens is 1. The molecule has 3 heterocycles. The fourth-order valence-electron chi connectivity index (χ4n) is 4.80. The number of hydrogen-bond donors (Lipinski definition) is 1. The number of aryl methyl sites for hydroxylation is 1. The largest absolute Gasteiger partial charge is 0.480 e. The number of rotatable bonds is 3. The van der Waals surface area contributed by atoms with Crippen LogP contribution in [0.3, 0.4) is 0 Å². The first-order valence-corrected chi connectivity index (χ1v) is 9.37. The van der Waals surface area contributed by atoms with Crippen LogP contribution < -0.4 is 4.90 Å². The maximum absolute atomic E-state index is 13.0. The van der Waals surface area contributed by atoms with Gasteiger partial charge in [-0.15, -0.1) is 0 Å². The molecule has 0 unspecified atom stereocenters. The van der Waals surface area contributed by atoms with E-state index in [9.17, 15) is 14.7 Å². The van der Waals surface area contributed by atoms with Gasteiger partial charge in [0.2, 0.25) is 5.91 Å². The maximum atomic E-state index is 13.0. The average molecular weight is 352 g/mol. The van der Waals surface area contributed by atoms with E-state index in [0.29, 0.717) is 12.1 Å². The molecule has 0 aliphatic carbocycles. The van der Waals surface area contributed by atoms with Gasteiger partial charge in [-0.2, -0.15) is 0 Å². The predicted octanol–water partition coefficient (Wildman–Crippen LogP) is 3.81. The molecule has 0 saturated carbocycles. The van der Waals surface area contributed by atoms with Crippen molar-refractivity contribution < 1.29 is 14.7 Å². The summed E-state index contributed by atoms with van der Waals surface area (Å²) >= 11 is 0. The van der Waals surface area contributed by atoms with E-state index in [1.807, 2.05) is 24.3 Å². The summed E-state index contributed by atoms with van der Waals surface area (Å²) in [5.74, 6) is -1.09. The molecule has 1 aromatic carbocycles. The molecule has 4 rings (SSSR count). The van der Waals surface area contributed by atoms with Gasteiger partial charge in [-0.3, -0.25) is 9.59 Å². The van der Waals surface area contributed by atoms with Crippen molar-refractivity contribution in [2.24, 2.45) is 0 Å². The molecule has 0 fully saturated rings. The highest BCUT2D eigenvalue weighted by atomic mass is 16.4. The summed E-state index contributed by atoms with van der Waals surface area (Å²) in [6, 6.07) is 9.84. The molecule has 136 valence electrons. The van der Waals surface area contributed by atoms with Crippen molar-refractivity contribution in [3.8, 4) is 11.1 Å². The molecule has 0 saturated heterocycles. The van der Waals surface area contributed by atoms with Crippen molar-refractivity contribution in [1.29, 1.82) is 0 Å². The molecule has 1 aromatic heterocycles. The highest BCUT2D eigenvalue weighted by molar-refractivity contribution is 6.01. The molecule has 2 aliphatic rings. The number of fused-ring (bicyclic) bond motifs is 2. The van der Waals surface area contributed by atoms with Crippen LogP contribution in [0.1, 0.15) is 44.7 Å². The Kier molecular flexibility index (Phi) is 4.10. The number of para-hydroxylation sites is 1. The van der Waals surface area contributed by atoms with Crippen LogP contribution in [-0.4, -0.2) is 28.1 Å². The molecular formula is C21H24N2O3. The monoisotopic (exact) mass is 352 g/mol. The number of anilines is 1. The van der Waals surface area contributed by atoms with Gasteiger partial charge in [-0.05, 0) is 37.8 Å². The molecule has 0 bridgehead atoms. The molecule has 0 spiro atoms. The number of hydrogen-bond acceptors (Lipinski definition) is 2. The minimum atomic E-state index is -0.990. The summed E-state index contributed by atoms with van der Waals surface area (Å²) in [6.45, 7) is 2.91. The van der Waals surface area contributed by atoms with Crippen molar-refractivity contribution in [2.45, 2.75) is 51.0 Å². The predicted molar refractivity (Wildman–Crippen MR) is 100 cm³/mol. The number of carboxylic acid groups (broad SMARTS) is 1. The lowest BCUT2D eigenvalue weighted by molar-refractivity contribution is -0.136. The Bertz CT molecular complexity index is 870. The number of benzene rings is 1. The maximum Gasteiger partial charge on any atom is 0.323 e. The second-order valence-electron chi connectivity index (χ2n) is 7.40. The Morgan fingerprint density at radius 3 is 2.77 bits per heavy atom.